The van der Waals surface area contributed by atoms with Crippen molar-refractivity contribution in [3.63, 3.8) is 0 Å². The Morgan fingerprint density at radius 1 is 1.44 bits per heavy atom. The van der Waals surface area contributed by atoms with Crippen LogP contribution >= 0.6 is 0 Å². The van der Waals surface area contributed by atoms with Crippen molar-refractivity contribution in [1.29, 1.82) is 0 Å². The van der Waals surface area contributed by atoms with Crippen LogP contribution in [-0.4, -0.2) is 30.7 Å². The third-order valence-electron chi connectivity index (χ3n) is 2.96. The Morgan fingerprint density at radius 2 is 2.25 bits per heavy atom. The highest BCUT2D eigenvalue weighted by atomic mass is 16.6. The molecule has 1 aromatic rings. The van der Waals surface area contributed by atoms with E-state index in [0.29, 0.717) is 12.6 Å². The molecule has 0 radical (unpaired) electrons. The summed E-state index contributed by atoms with van der Waals surface area (Å²) in [6.07, 6.45) is 4.36. The zero-order valence-electron chi connectivity index (χ0n) is 9.67. The highest BCUT2D eigenvalue weighted by molar-refractivity contribution is 5.64. The molecule has 1 saturated heterocycles. The molecule has 1 aliphatic rings. The number of hydrogen-bond acceptors (Lipinski definition) is 3. The third kappa shape index (κ3) is 3.07. The van der Waals surface area contributed by atoms with Crippen LogP contribution in [0, 0.1) is 0 Å². The average molecular weight is 218 g/mol. The van der Waals surface area contributed by atoms with Gasteiger partial charge in [-0.1, -0.05) is 35.5 Å². The van der Waals surface area contributed by atoms with Gasteiger partial charge in [0.2, 0.25) is 0 Å². The standard InChI is InChI=1S/C13H18N2O/c1-15-9-5-8-13(15)10-14-16-11-12-6-3-2-4-7-12/h2-4,6-7,10,13H,5,8-9,11H2,1H3/b14-10+. The Morgan fingerprint density at radius 3 is 2.94 bits per heavy atom. The normalized spacial score (nSPS) is 21.7. The van der Waals surface area contributed by atoms with E-state index in [-0.39, 0.29) is 0 Å². The molecule has 1 unspecified atom stereocenters. The lowest BCUT2D eigenvalue weighted by molar-refractivity contribution is 0.130. The second-order valence-corrected chi connectivity index (χ2v) is 4.20. The van der Waals surface area contributed by atoms with Crippen molar-refractivity contribution in [2.24, 2.45) is 5.16 Å². The summed E-state index contributed by atoms with van der Waals surface area (Å²) in [5.41, 5.74) is 1.15. The lowest BCUT2D eigenvalue weighted by atomic mass is 10.2. The van der Waals surface area contributed by atoms with Crippen LogP contribution in [0.3, 0.4) is 0 Å². The predicted molar refractivity (Wildman–Crippen MR) is 65.4 cm³/mol. The minimum atomic E-state index is 0.454. The first-order valence-corrected chi connectivity index (χ1v) is 5.76. The minimum absolute atomic E-state index is 0.454. The van der Waals surface area contributed by atoms with Crippen molar-refractivity contribution < 1.29 is 4.84 Å². The molecule has 0 amide bonds. The van der Waals surface area contributed by atoms with Crippen molar-refractivity contribution in [2.75, 3.05) is 13.6 Å². The van der Waals surface area contributed by atoms with Crippen molar-refractivity contribution in [1.82, 2.24) is 4.90 Å². The van der Waals surface area contributed by atoms with E-state index < -0.39 is 0 Å². The van der Waals surface area contributed by atoms with E-state index in [2.05, 4.69) is 17.1 Å². The van der Waals surface area contributed by atoms with E-state index in [4.69, 9.17) is 4.84 Å². The number of rotatable bonds is 4. The molecule has 1 atom stereocenters. The van der Waals surface area contributed by atoms with Gasteiger partial charge in [-0.2, -0.15) is 0 Å². The van der Waals surface area contributed by atoms with Gasteiger partial charge in [-0.05, 0) is 32.0 Å². The Bertz CT molecular complexity index is 337. The van der Waals surface area contributed by atoms with E-state index >= 15 is 0 Å². The zero-order chi connectivity index (χ0) is 11.2. The molecule has 0 saturated carbocycles. The number of likely N-dealkylation sites (tertiary alicyclic amines) is 1. The largest absolute Gasteiger partial charge is 0.391 e. The molecule has 0 N–H and O–H groups in total. The molecular formula is C13H18N2O. The summed E-state index contributed by atoms with van der Waals surface area (Å²) in [4.78, 5) is 7.57. The van der Waals surface area contributed by atoms with E-state index in [1.54, 1.807) is 0 Å². The van der Waals surface area contributed by atoms with Gasteiger partial charge >= 0.3 is 0 Å². The van der Waals surface area contributed by atoms with Crippen LogP contribution < -0.4 is 0 Å². The SMILES string of the molecule is CN1CCCC1/C=N/OCc1ccccc1. The lowest BCUT2D eigenvalue weighted by Gasteiger charge is -2.13. The minimum Gasteiger partial charge on any atom is -0.391 e. The highest BCUT2D eigenvalue weighted by Crippen LogP contribution is 2.12. The van der Waals surface area contributed by atoms with Crippen LogP contribution in [0.4, 0.5) is 0 Å². The van der Waals surface area contributed by atoms with Gasteiger partial charge in [0.1, 0.15) is 6.61 Å². The van der Waals surface area contributed by atoms with Crippen LogP contribution in [0.1, 0.15) is 18.4 Å². The monoisotopic (exact) mass is 218 g/mol. The molecule has 86 valence electrons. The second kappa shape index (κ2) is 5.66. The van der Waals surface area contributed by atoms with Crippen LogP contribution in [0.2, 0.25) is 0 Å². The first-order chi connectivity index (χ1) is 7.86. The summed E-state index contributed by atoms with van der Waals surface area (Å²) in [5.74, 6) is 0. The molecule has 0 aromatic heterocycles. The van der Waals surface area contributed by atoms with E-state index in [1.807, 2.05) is 36.5 Å². The fourth-order valence-corrected chi connectivity index (χ4v) is 1.92. The van der Waals surface area contributed by atoms with Gasteiger partial charge in [-0.15, -0.1) is 0 Å². The molecule has 3 nitrogen and oxygen atoms in total. The van der Waals surface area contributed by atoms with Gasteiger partial charge in [-0.25, -0.2) is 0 Å². The number of hydrogen-bond donors (Lipinski definition) is 0. The smallest absolute Gasteiger partial charge is 0.142 e. The van der Waals surface area contributed by atoms with Crippen LogP contribution in [-0.2, 0) is 11.4 Å². The summed E-state index contributed by atoms with van der Waals surface area (Å²) in [6, 6.07) is 10.5. The fourth-order valence-electron chi connectivity index (χ4n) is 1.92. The quantitative estimate of drug-likeness (QED) is 0.572. The molecular weight excluding hydrogens is 200 g/mol. The van der Waals surface area contributed by atoms with E-state index in [9.17, 15) is 0 Å². The van der Waals surface area contributed by atoms with Crippen LogP contribution in [0.15, 0.2) is 35.5 Å². The van der Waals surface area contributed by atoms with Gasteiger partial charge < -0.3 is 4.84 Å². The third-order valence-corrected chi connectivity index (χ3v) is 2.96. The molecule has 3 heteroatoms. The average Bonchev–Trinajstić information content (AvgIpc) is 2.72. The maximum atomic E-state index is 5.27. The van der Waals surface area contributed by atoms with Crippen molar-refractivity contribution >= 4 is 6.21 Å². The Balaban J connectivity index is 1.73. The number of oxime groups is 1. The molecule has 2 rings (SSSR count). The maximum absolute atomic E-state index is 5.27. The molecule has 1 heterocycles. The summed E-state index contributed by atoms with van der Waals surface area (Å²) in [7, 11) is 2.13. The molecule has 16 heavy (non-hydrogen) atoms. The first kappa shape index (κ1) is 11.1. The molecule has 0 spiro atoms. The van der Waals surface area contributed by atoms with E-state index in [1.165, 1.54) is 12.8 Å². The second-order valence-electron chi connectivity index (χ2n) is 4.20. The van der Waals surface area contributed by atoms with Crippen molar-refractivity contribution in [3.8, 4) is 0 Å². The molecule has 1 aliphatic heterocycles. The summed E-state index contributed by atoms with van der Waals surface area (Å²) < 4.78 is 0. The molecule has 0 bridgehead atoms. The van der Waals surface area contributed by atoms with Gasteiger partial charge in [0.15, 0.2) is 0 Å². The van der Waals surface area contributed by atoms with Gasteiger partial charge in [0.25, 0.3) is 0 Å². The summed E-state index contributed by atoms with van der Waals surface area (Å²) in [5, 5.41) is 4.03. The lowest BCUT2D eigenvalue weighted by Crippen LogP contribution is -2.25. The predicted octanol–water partition coefficient (Wildman–Crippen LogP) is 2.28. The van der Waals surface area contributed by atoms with Gasteiger partial charge in [0.05, 0.1) is 6.21 Å². The Labute approximate surface area is 96.7 Å². The van der Waals surface area contributed by atoms with Gasteiger partial charge in [0, 0.05) is 6.04 Å². The zero-order valence-corrected chi connectivity index (χ0v) is 9.67. The van der Waals surface area contributed by atoms with Crippen molar-refractivity contribution in [2.45, 2.75) is 25.5 Å². The molecule has 1 aromatic carbocycles. The summed E-state index contributed by atoms with van der Waals surface area (Å²) in [6.45, 7) is 1.71. The number of benzene rings is 1. The first-order valence-electron chi connectivity index (χ1n) is 5.76. The number of nitrogens with zero attached hydrogens (tertiary/aromatic N) is 2. The van der Waals surface area contributed by atoms with Crippen LogP contribution in [0.5, 0.6) is 0 Å². The summed E-state index contributed by atoms with van der Waals surface area (Å²) >= 11 is 0. The Kier molecular flexibility index (Phi) is 3.94. The topological polar surface area (TPSA) is 24.8 Å². The van der Waals surface area contributed by atoms with E-state index in [0.717, 1.165) is 12.1 Å². The van der Waals surface area contributed by atoms with Gasteiger partial charge in [-0.3, -0.25) is 4.90 Å². The molecule has 0 aliphatic carbocycles. The fraction of sp³-hybridized carbons (Fsp3) is 0.462. The highest BCUT2D eigenvalue weighted by Gasteiger charge is 2.18. The maximum Gasteiger partial charge on any atom is 0.142 e. The molecule has 1 fully saturated rings. The van der Waals surface area contributed by atoms with Crippen molar-refractivity contribution in [3.05, 3.63) is 35.9 Å². The van der Waals surface area contributed by atoms with Crippen LogP contribution in [0.25, 0.3) is 0 Å². The Hall–Kier alpha value is -1.35.